The molecule has 0 rings (SSSR count). The summed E-state index contributed by atoms with van der Waals surface area (Å²) in [5.74, 6) is -0.828. The fourth-order valence-corrected chi connectivity index (χ4v) is 11.2. The summed E-state index contributed by atoms with van der Waals surface area (Å²) in [4.78, 5) is 38.3. The number of unbranched alkanes of at least 4 members (excludes halogenated alkanes) is 54. The third-order valence-corrected chi connectivity index (χ3v) is 16.5. The molecule has 0 saturated heterocycles. The maximum atomic E-state index is 12.9. The molecule has 0 N–H and O–H groups in total. The van der Waals surface area contributed by atoms with Crippen molar-refractivity contribution in [3.63, 3.8) is 0 Å². The molecule has 1 unspecified atom stereocenters. The SMILES string of the molecule is CCCCCCCCCC/C=C\CCCCCCCCCCCCCCCCCCCCCCCC(=O)OCC(COC(=O)CCCCCCCCCCCCCC)OC(=O)CCCCCCCCCCCCCCCCC. The summed E-state index contributed by atoms with van der Waals surface area (Å²) in [6.07, 6.45) is 81.2. The van der Waals surface area contributed by atoms with Crippen LogP contribution >= 0.6 is 0 Å². The van der Waals surface area contributed by atoms with Gasteiger partial charge in [0.25, 0.3) is 0 Å². The van der Waals surface area contributed by atoms with Crippen molar-refractivity contribution in [2.45, 2.75) is 419 Å². The number of esters is 3. The van der Waals surface area contributed by atoms with Crippen LogP contribution in [0.1, 0.15) is 412 Å². The fourth-order valence-electron chi connectivity index (χ4n) is 11.2. The summed E-state index contributed by atoms with van der Waals surface area (Å²) in [5, 5.41) is 0. The number of rotatable bonds is 67. The minimum atomic E-state index is -0.763. The Balaban J connectivity index is 4.03. The molecule has 0 amide bonds. The number of ether oxygens (including phenoxy) is 3. The van der Waals surface area contributed by atoms with Gasteiger partial charge in [-0.25, -0.2) is 0 Å². The van der Waals surface area contributed by atoms with E-state index in [1.54, 1.807) is 0 Å². The summed E-state index contributed by atoms with van der Waals surface area (Å²) >= 11 is 0. The monoisotopic (exact) mass is 1100 g/mol. The van der Waals surface area contributed by atoms with Gasteiger partial charge in [-0.1, -0.05) is 360 Å². The van der Waals surface area contributed by atoms with Crippen molar-refractivity contribution in [3.05, 3.63) is 12.2 Å². The number of carbonyl (C=O) groups is 3. The first-order chi connectivity index (χ1) is 38.5. The van der Waals surface area contributed by atoms with Crippen molar-refractivity contribution in [3.8, 4) is 0 Å². The summed E-state index contributed by atoms with van der Waals surface area (Å²) in [5.41, 5.74) is 0. The molecule has 1 atom stereocenters. The quantitative estimate of drug-likeness (QED) is 0.0261. The van der Waals surface area contributed by atoms with E-state index in [1.165, 1.54) is 315 Å². The van der Waals surface area contributed by atoms with Crippen LogP contribution in [0.3, 0.4) is 0 Å². The summed E-state index contributed by atoms with van der Waals surface area (Å²) in [6.45, 7) is 6.72. The van der Waals surface area contributed by atoms with Crippen LogP contribution < -0.4 is 0 Å². The Morgan fingerprint density at radius 2 is 0.423 bits per heavy atom. The summed E-state index contributed by atoms with van der Waals surface area (Å²) in [7, 11) is 0. The van der Waals surface area contributed by atoms with E-state index >= 15 is 0 Å². The number of carbonyl (C=O) groups excluding carboxylic acids is 3. The molecule has 0 spiro atoms. The molecule has 6 nitrogen and oxygen atoms in total. The summed E-state index contributed by atoms with van der Waals surface area (Å²) in [6, 6.07) is 0. The second kappa shape index (κ2) is 67.7. The van der Waals surface area contributed by atoms with Crippen molar-refractivity contribution < 1.29 is 28.6 Å². The lowest BCUT2D eigenvalue weighted by atomic mass is 10.0. The molecule has 0 bridgehead atoms. The van der Waals surface area contributed by atoms with Gasteiger partial charge in [0, 0.05) is 19.3 Å². The van der Waals surface area contributed by atoms with Gasteiger partial charge in [0.05, 0.1) is 0 Å². The van der Waals surface area contributed by atoms with Crippen LogP contribution in [0, 0.1) is 0 Å². The van der Waals surface area contributed by atoms with Gasteiger partial charge in [-0.05, 0) is 44.9 Å². The van der Waals surface area contributed by atoms with E-state index in [1.807, 2.05) is 0 Å². The zero-order chi connectivity index (χ0) is 56.4. The molecule has 0 aliphatic rings. The summed E-state index contributed by atoms with van der Waals surface area (Å²) < 4.78 is 17.0. The molecule has 0 aromatic rings. The van der Waals surface area contributed by atoms with E-state index in [9.17, 15) is 14.4 Å². The Labute approximate surface area is 488 Å². The van der Waals surface area contributed by atoms with E-state index in [2.05, 4.69) is 32.9 Å². The van der Waals surface area contributed by atoms with E-state index in [0.717, 1.165) is 57.8 Å². The molecule has 78 heavy (non-hydrogen) atoms. The minimum absolute atomic E-state index is 0.0619. The second-order valence-electron chi connectivity index (χ2n) is 24.5. The molecule has 0 saturated carbocycles. The highest BCUT2D eigenvalue weighted by Gasteiger charge is 2.19. The van der Waals surface area contributed by atoms with Crippen molar-refractivity contribution in [2.75, 3.05) is 13.2 Å². The third kappa shape index (κ3) is 65.0. The zero-order valence-corrected chi connectivity index (χ0v) is 53.2. The molecule has 0 radical (unpaired) electrons. The Hall–Kier alpha value is -1.85. The van der Waals surface area contributed by atoms with Crippen LogP contribution in [-0.4, -0.2) is 37.2 Å². The Morgan fingerprint density at radius 1 is 0.244 bits per heavy atom. The van der Waals surface area contributed by atoms with Gasteiger partial charge >= 0.3 is 17.9 Å². The molecule has 0 aromatic heterocycles. The molecular weight excluding hydrogens is 961 g/mol. The predicted molar refractivity (Wildman–Crippen MR) is 340 cm³/mol. The highest BCUT2D eigenvalue weighted by molar-refractivity contribution is 5.71. The number of hydrogen-bond donors (Lipinski definition) is 0. The van der Waals surface area contributed by atoms with Crippen LogP contribution in [-0.2, 0) is 28.6 Å². The van der Waals surface area contributed by atoms with E-state index in [4.69, 9.17) is 14.2 Å². The van der Waals surface area contributed by atoms with Gasteiger partial charge in [-0.15, -0.1) is 0 Å². The van der Waals surface area contributed by atoms with Gasteiger partial charge in [-0.3, -0.25) is 14.4 Å². The fraction of sp³-hybridized carbons (Fsp3) is 0.931. The van der Waals surface area contributed by atoms with Gasteiger partial charge in [0.15, 0.2) is 6.10 Å². The van der Waals surface area contributed by atoms with Crippen molar-refractivity contribution in [1.82, 2.24) is 0 Å². The van der Waals surface area contributed by atoms with Crippen molar-refractivity contribution in [2.24, 2.45) is 0 Å². The molecule has 0 heterocycles. The van der Waals surface area contributed by atoms with Gasteiger partial charge in [-0.2, -0.15) is 0 Å². The highest BCUT2D eigenvalue weighted by atomic mass is 16.6. The topological polar surface area (TPSA) is 78.9 Å². The zero-order valence-electron chi connectivity index (χ0n) is 53.2. The lowest BCUT2D eigenvalue weighted by Gasteiger charge is -2.18. The Kier molecular flexibility index (Phi) is 66.0. The van der Waals surface area contributed by atoms with Crippen LogP contribution in [0.5, 0.6) is 0 Å². The average Bonchev–Trinajstić information content (AvgIpc) is 3.44. The first-order valence-electron chi connectivity index (χ1n) is 35.7. The lowest BCUT2D eigenvalue weighted by Crippen LogP contribution is -2.30. The third-order valence-electron chi connectivity index (χ3n) is 16.5. The normalized spacial score (nSPS) is 12.0. The number of allylic oxidation sites excluding steroid dienone is 2. The highest BCUT2D eigenvalue weighted by Crippen LogP contribution is 2.19. The van der Waals surface area contributed by atoms with Crippen molar-refractivity contribution in [1.29, 1.82) is 0 Å². The minimum Gasteiger partial charge on any atom is -0.462 e. The molecule has 6 heteroatoms. The largest absolute Gasteiger partial charge is 0.462 e. The number of hydrogen-bond acceptors (Lipinski definition) is 6. The van der Waals surface area contributed by atoms with Gasteiger partial charge in [0.1, 0.15) is 13.2 Å². The predicted octanol–water partition coefficient (Wildman–Crippen LogP) is 24.4. The molecule has 0 aliphatic carbocycles. The Morgan fingerprint density at radius 3 is 0.641 bits per heavy atom. The van der Waals surface area contributed by atoms with Gasteiger partial charge < -0.3 is 14.2 Å². The smallest absolute Gasteiger partial charge is 0.306 e. The lowest BCUT2D eigenvalue weighted by molar-refractivity contribution is -0.167. The average molecular weight is 1100 g/mol. The van der Waals surface area contributed by atoms with Crippen LogP contribution in [0.25, 0.3) is 0 Å². The van der Waals surface area contributed by atoms with E-state index in [0.29, 0.717) is 19.3 Å². The van der Waals surface area contributed by atoms with Crippen LogP contribution in [0.15, 0.2) is 12.2 Å². The maximum absolute atomic E-state index is 12.9. The molecular formula is C72H138O6. The molecule has 462 valence electrons. The van der Waals surface area contributed by atoms with Crippen LogP contribution in [0.4, 0.5) is 0 Å². The molecule has 0 aliphatic heterocycles. The molecule has 0 aromatic carbocycles. The van der Waals surface area contributed by atoms with Crippen molar-refractivity contribution >= 4 is 17.9 Å². The Bertz CT molecular complexity index is 1210. The first-order valence-corrected chi connectivity index (χ1v) is 35.7. The van der Waals surface area contributed by atoms with E-state index in [-0.39, 0.29) is 31.1 Å². The van der Waals surface area contributed by atoms with E-state index < -0.39 is 6.10 Å². The van der Waals surface area contributed by atoms with Crippen LogP contribution in [0.2, 0.25) is 0 Å². The maximum Gasteiger partial charge on any atom is 0.306 e. The first kappa shape index (κ1) is 76.1. The second-order valence-corrected chi connectivity index (χ2v) is 24.5. The van der Waals surface area contributed by atoms with Gasteiger partial charge in [0.2, 0.25) is 0 Å². The standard InChI is InChI=1S/C72H138O6/c1-4-7-10-13-16-19-22-25-27-28-29-30-31-32-33-34-35-36-37-38-39-40-41-42-43-44-46-47-50-53-56-59-62-65-71(74)77-68-69(67-76-70(73)64-61-58-55-52-49-24-21-18-15-12-9-6-3)78-72(75)66-63-60-57-54-51-48-45-26-23-20-17-14-11-8-5-2/h28-29,69H,4-27,30-68H2,1-3H3/b29-28-. The molecule has 0 fully saturated rings.